The number of benzene rings is 1. The minimum atomic E-state index is -3.73. The topological polar surface area (TPSA) is 66.9 Å². The number of hydrogen-bond acceptors (Lipinski definition) is 4. The third-order valence-corrected chi connectivity index (χ3v) is 6.10. The number of rotatable bonds is 3. The van der Waals surface area contributed by atoms with Gasteiger partial charge in [0.05, 0.1) is 18.6 Å². The predicted molar refractivity (Wildman–Crippen MR) is 83.5 cm³/mol. The largest absolute Gasteiger partial charge is 0.496 e. The maximum absolute atomic E-state index is 12.9. The van der Waals surface area contributed by atoms with Crippen LogP contribution in [0.15, 0.2) is 17.0 Å². The van der Waals surface area contributed by atoms with Crippen LogP contribution in [0.5, 0.6) is 5.75 Å². The second-order valence-corrected chi connectivity index (χ2v) is 7.64. The van der Waals surface area contributed by atoms with Gasteiger partial charge < -0.3 is 9.64 Å². The van der Waals surface area contributed by atoms with Crippen molar-refractivity contribution in [1.29, 1.82) is 0 Å². The molecule has 1 fully saturated rings. The summed E-state index contributed by atoms with van der Waals surface area (Å²) in [5.74, 6) is 0.330. The Labute approximate surface area is 131 Å². The van der Waals surface area contributed by atoms with E-state index < -0.39 is 10.0 Å². The highest BCUT2D eigenvalue weighted by molar-refractivity contribution is 7.89. The number of carbonyl (C=O) groups is 1. The van der Waals surface area contributed by atoms with Gasteiger partial charge in [0.2, 0.25) is 15.9 Å². The molecule has 0 bridgehead atoms. The molecule has 1 atom stereocenters. The van der Waals surface area contributed by atoms with Crippen LogP contribution >= 0.6 is 0 Å². The lowest BCUT2D eigenvalue weighted by Crippen LogP contribution is -2.55. The number of ether oxygens (including phenoxy) is 1. The maximum atomic E-state index is 12.9. The molecule has 7 heteroatoms. The highest BCUT2D eigenvalue weighted by Gasteiger charge is 2.36. The summed E-state index contributed by atoms with van der Waals surface area (Å²) in [5.41, 5.74) is 1.53. The number of piperazine rings is 1. The molecule has 0 radical (unpaired) electrons. The van der Waals surface area contributed by atoms with E-state index in [-0.39, 0.29) is 23.4 Å². The molecular formula is C15H22N2O4S. The van der Waals surface area contributed by atoms with Crippen molar-refractivity contribution in [2.75, 3.05) is 27.2 Å². The molecule has 1 amide bonds. The van der Waals surface area contributed by atoms with Gasteiger partial charge in [0, 0.05) is 25.7 Å². The first kappa shape index (κ1) is 16.8. The van der Waals surface area contributed by atoms with Gasteiger partial charge in [-0.25, -0.2) is 8.42 Å². The van der Waals surface area contributed by atoms with Crippen LogP contribution in [0.1, 0.15) is 18.1 Å². The molecule has 1 heterocycles. The summed E-state index contributed by atoms with van der Waals surface area (Å²) in [6.07, 6.45) is 0. The van der Waals surface area contributed by atoms with Crippen LogP contribution in [0.25, 0.3) is 0 Å². The van der Waals surface area contributed by atoms with Gasteiger partial charge in [0.1, 0.15) is 5.75 Å². The van der Waals surface area contributed by atoms with Crippen molar-refractivity contribution >= 4 is 15.9 Å². The number of aryl methyl sites for hydroxylation is 2. The van der Waals surface area contributed by atoms with E-state index in [0.29, 0.717) is 17.9 Å². The third kappa shape index (κ3) is 2.83. The van der Waals surface area contributed by atoms with E-state index >= 15 is 0 Å². The van der Waals surface area contributed by atoms with Crippen LogP contribution in [-0.2, 0) is 14.8 Å². The minimum Gasteiger partial charge on any atom is -0.496 e. The average molecular weight is 326 g/mol. The highest BCUT2D eigenvalue weighted by Crippen LogP contribution is 2.29. The highest BCUT2D eigenvalue weighted by atomic mass is 32.2. The molecule has 1 aromatic carbocycles. The number of nitrogens with zero attached hydrogens (tertiary/aromatic N) is 2. The fourth-order valence-corrected chi connectivity index (χ4v) is 4.32. The Morgan fingerprint density at radius 3 is 2.41 bits per heavy atom. The normalized spacial score (nSPS) is 20.3. The van der Waals surface area contributed by atoms with Crippen LogP contribution in [0, 0.1) is 13.8 Å². The summed E-state index contributed by atoms with van der Waals surface area (Å²) in [4.78, 5) is 13.7. The molecule has 0 N–H and O–H groups in total. The number of hydrogen-bond donors (Lipinski definition) is 0. The molecule has 2 rings (SSSR count). The third-order valence-electron chi connectivity index (χ3n) is 4.14. The van der Waals surface area contributed by atoms with Crippen LogP contribution in [0.3, 0.4) is 0 Å². The van der Waals surface area contributed by atoms with Gasteiger partial charge in [-0.15, -0.1) is 0 Å². The van der Waals surface area contributed by atoms with E-state index in [4.69, 9.17) is 4.74 Å². The van der Waals surface area contributed by atoms with Crippen molar-refractivity contribution in [3.63, 3.8) is 0 Å². The van der Waals surface area contributed by atoms with E-state index in [1.807, 2.05) is 13.8 Å². The lowest BCUT2D eigenvalue weighted by molar-refractivity contribution is -0.135. The number of sulfonamides is 1. The van der Waals surface area contributed by atoms with Crippen molar-refractivity contribution in [2.24, 2.45) is 0 Å². The Bertz CT molecular complexity index is 700. The fraction of sp³-hybridized carbons (Fsp3) is 0.533. The standard InChI is InChI=1S/C15H22N2O4S/c1-10-6-11(2)14(7-13(10)21-5)22(19,20)17-8-12(3)16(4)15(18)9-17/h6-7,12H,8-9H2,1-5H3/t12-/m0/s1. The summed E-state index contributed by atoms with van der Waals surface area (Å²) in [6, 6.07) is 3.17. The molecular weight excluding hydrogens is 304 g/mol. The Kier molecular flexibility index (Phi) is 4.49. The smallest absolute Gasteiger partial charge is 0.244 e. The van der Waals surface area contributed by atoms with Gasteiger partial charge in [-0.2, -0.15) is 4.31 Å². The van der Waals surface area contributed by atoms with E-state index in [2.05, 4.69) is 0 Å². The first-order valence-corrected chi connectivity index (χ1v) is 8.53. The van der Waals surface area contributed by atoms with Gasteiger partial charge in [0.25, 0.3) is 0 Å². The average Bonchev–Trinajstić information content (AvgIpc) is 2.44. The maximum Gasteiger partial charge on any atom is 0.244 e. The fourth-order valence-electron chi connectivity index (χ4n) is 2.62. The number of likely N-dealkylation sites (N-methyl/N-ethyl adjacent to an activating group) is 1. The lowest BCUT2D eigenvalue weighted by Gasteiger charge is -2.36. The molecule has 22 heavy (non-hydrogen) atoms. The zero-order valence-electron chi connectivity index (χ0n) is 13.6. The molecule has 1 aliphatic rings. The molecule has 0 aromatic heterocycles. The Morgan fingerprint density at radius 2 is 1.86 bits per heavy atom. The summed E-state index contributed by atoms with van der Waals surface area (Å²) in [7, 11) is -0.524. The minimum absolute atomic E-state index is 0.126. The van der Waals surface area contributed by atoms with Crippen molar-refractivity contribution in [3.8, 4) is 5.75 Å². The SMILES string of the molecule is COc1cc(S(=O)(=O)N2CC(=O)N(C)[C@@H](C)C2)c(C)cc1C. The molecule has 1 aliphatic heterocycles. The second-order valence-electron chi connectivity index (χ2n) is 5.74. The Morgan fingerprint density at radius 1 is 1.23 bits per heavy atom. The quantitative estimate of drug-likeness (QED) is 0.836. The zero-order valence-corrected chi connectivity index (χ0v) is 14.4. The van der Waals surface area contributed by atoms with Crippen LogP contribution < -0.4 is 4.74 Å². The Balaban J connectivity index is 2.45. The summed E-state index contributed by atoms with van der Waals surface area (Å²) >= 11 is 0. The van der Waals surface area contributed by atoms with E-state index in [1.165, 1.54) is 17.5 Å². The molecule has 6 nitrogen and oxygen atoms in total. The van der Waals surface area contributed by atoms with E-state index in [9.17, 15) is 13.2 Å². The molecule has 1 saturated heterocycles. The summed E-state index contributed by atoms with van der Waals surface area (Å²) in [6.45, 7) is 5.62. The van der Waals surface area contributed by atoms with Crippen LogP contribution in [0.2, 0.25) is 0 Å². The van der Waals surface area contributed by atoms with Crippen molar-refractivity contribution in [1.82, 2.24) is 9.21 Å². The number of amides is 1. The molecule has 0 saturated carbocycles. The van der Waals surface area contributed by atoms with E-state index in [1.54, 1.807) is 24.9 Å². The van der Waals surface area contributed by atoms with Crippen molar-refractivity contribution in [2.45, 2.75) is 31.7 Å². The van der Waals surface area contributed by atoms with Gasteiger partial charge >= 0.3 is 0 Å². The van der Waals surface area contributed by atoms with Gasteiger partial charge in [-0.3, -0.25) is 4.79 Å². The number of carbonyl (C=O) groups excluding carboxylic acids is 1. The second kappa shape index (κ2) is 5.89. The first-order chi connectivity index (χ1) is 10.2. The van der Waals surface area contributed by atoms with Gasteiger partial charge in [-0.05, 0) is 31.9 Å². The molecule has 0 aliphatic carbocycles. The lowest BCUT2D eigenvalue weighted by atomic mass is 10.1. The summed E-state index contributed by atoms with van der Waals surface area (Å²) < 4.78 is 32.2. The molecule has 1 aromatic rings. The predicted octanol–water partition coefficient (Wildman–Crippen LogP) is 1.16. The zero-order chi connectivity index (χ0) is 16.7. The molecule has 0 spiro atoms. The van der Waals surface area contributed by atoms with Crippen LogP contribution in [0.4, 0.5) is 0 Å². The van der Waals surface area contributed by atoms with Gasteiger partial charge in [0.15, 0.2) is 0 Å². The number of methoxy groups -OCH3 is 1. The van der Waals surface area contributed by atoms with Gasteiger partial charge in [-0.1, -0.05) is 6.07 Å². The Hall–Kier alpha value is -1.60. The molecule has 122 valence electrons. The van der Waals surface area contributed by atoms with Crippen molar-refractivity contribution in [3.05, 3.63) is 23.3 Å². The summed E-state index contributed by atoms with van der Waals surface area (Å²) in [5, 5.41) is 0. The monoisotopic (exact) mass is 326 g/mol. The van der Waals surface area contributed by atoms with Crippen molar-refractivity contribution < 1.29 is 17.9 Å². The van der Waals surface area contributed by atoms with E-state index in [0.717, 1.165) is 5.56 Å². The molecule has 0 unspecified atom stereocenters. The first-order valence-electron chi connectivity index (χ1n) is 7.09. The van der Waals surface area contributed by atoms with Crippen LogP contribution in [-0.4, -0.2) is 56.8 Å².